The van der Waals surface area contributed by atoms with Crippen molar-refractivity contribution in [2.75, 3.05) is 0 Å². The van der Waals surface area contributed by atoms with Crippen LogP contribution in [0.4, 0.5) is 0 Å². The highest BCUT2D eigenvalue weighted by atomic mass is 79.9. The second-order valence-electron chi connectivity index (χ2n) is 8.02. The molecule has 0 radical (unpaired) electrons. The summed E-state index contributed by atoms with van der Waals surface area (Å²) in [6, 6.07) is 16.0. The second-order valence-corrected chi connectivity index (χ2v) is 10.2. The summed E-state index contributed by atoms with van der Waals surface area (Å²) in [5.74, 6) is 1.16. The van der Waals surface area contributed by atoms with Crippen LogP contribution in [0.1, 0.15) is 43.1 Å². The third-order valence-corrected chi connectivity index (χ3v) is 6.94. The molecule has 3 aromatic carbocycles. The average Bonchev–Trinajstić information content (AvgIpc) is 2.83. The molecule has 35 heavy (non-hydrogen) atoms. The Labute approximate surface area is 226 Å². The number of hydrogen-bond donors (Lipinski definition) is 0. The summed E-state index contributed by atoms with van der Waals surface area (Å²) in [4.78, 5) is 18.0. The molecule has 0 N–H and O–H groups in total. The molecular formula is C26H21BrCl3N3O2. The Balaban J connectivity index is 1.62. The van der Waals surface area contributed by atoms with Crippen molar-refractivity contribution in [2.45, 2.75) is 32.8 Å². The molecule has 4 rings (SSSR count). The second kappa shape index (κ2) is 11.1. The van der Waals surface area contributed by atoms with Gasteiger partial charge in [-0.05, 0) is 60.5 Å². The first kappa shape index (κ1) is 25.7. The highest BCUT2D eigenvalue weighted by Gasteiger charge is 2.15. The van der Waals surface area contributed by atoms with Crippen molar-refractivity contribution in [3.63, 3.8) is 0 Å². The zero-order valence-electron chi connectivity index (χ0n) is 18.9. The molecular weight excluding hydrogens is 573 g/mol. The molecule has 0 unspecified atom stereocenters. The van der Waals surface area contributed by atoms with E-state index < -0.39 is 0 Å². The van der Waals surface area contributed by atoms with Crippen LogP contribution in [-0.4, -0.2) is 15.9 Å². The first-order valence-corrected chi connectivity index (χ1v) is 12.8. The molecule has 0 saturated carbocycles. The molecule has 1 aromatic heterocycles. The number of fused-ring (bicyclic) bond motifs is 1. The van der Waals surface area contributed by atoms with Gasteiger partial charge in [0.1, 0.15) is 18.2 Å². The normalized spacial score (nSPS) is 12.4. The number of hydrogen-bond acceptors (Lipinski definition) is 4. The van der Waals surface area contributed by atoms with Crippen molar-refractivity contribution in [3.05, 3.63) is 101 Å². The van der Waals surface area contributed by atoms with Gasteiger partial charge in [0, 0.05) is 26.0 Å². The number of rotatable bonds is 7. The van der Waals surface area contributed by atoms with Gasteiger partial charge >= 0.3 is 0 Å². The Kier molecular flexibility index (Phi) is 8.17. The molecule has 0 bridgehead atoms. The molecule has 0 aliphatic rings. The maximum absolute atomic E-state index is 13.3. The Morgan fingerprint density at radius 2 is 1.89 bits per heavy atom. The molecule has 1 heterocycles. The maximum Gasteiger partial charge on any atom is 0.282 e. The monoisotopic (exact) mass is 591 g/mol. The van der Waals surface area contributed by atoms with E-state index in [2.05, 4.69) is 21.0 Å². The van der Waals surface area contributed by atoms with Gasteiger partial charge < -0.3 is 4.74 Å². The fraction of sp³-hybridized carbons (Fsp3) is 0.192. The third-order valence-electron chi connectivity index (χ3n) is 5.56. The van der Waals surface area contributed by atoms with Crippen LogP contribution in [0.3, 0.4) is 0 Å². The van der Waals surface area contributed by atoms with Gasteiger partial charge in [-0.1, -0.05) is 70.6 Å². The fourth-order valence-corrected chi connectivity index (χ4v) is 4.48. The van der Waals surface area contributed by atoms with Crippen molar-refractivity contribution in [1.82, 2.24) is 9.66 Å². The number of benzene rings is 3. The van der Waals surface area contributed by atoms with E-state index >= 15 is 0 Å². The topological polar surface area (TPSA) is 56.5 Å². The Hall–Kier alpha value is -2.38. The molecule has 4 aromatic rings. The van der Waals surface area contributed by atoms with E-state index in [1.165, 1.54) is 4.68 Å². The maximum atomic E-state index is 13.3. The zero-order valence-corrected chi connectivity index (χ0v) is 22.8. The van der Waals surface area contributed by atoms with E-state index in [0.717, 1.165) is 16.5 Å². The molecule has 0 amide bonds. The predicted molar refractivity (Wildman–Crippen MR) is 148 cm³/mol. The largest absolute Gasteiger partial charge is 0.487 e. The third kappa shape index (κ3) is 5.89. The minimum atomic E-state index is -0.228. The van der Waals surface area contributed by atoms with Crippen LogP contribution in [0.15, 0.2) is 69.0 Å². The highest BCUT2D eigenvalue weighted by molar-refractivity contribution is 9.10. The quantitative estimate of drug-likeness (QED) is 0.204. The summed E-state index contributed by atoms with van der Waals surface area (Å²) < 4.78 is 8.00. The smallest absolute Gasteiger partial charge is 0.282 e. The van der Waals surface area contributed by atoms with Crippen molar-refractivity contribution in [2.24, 2.45) is 5.10 Å². The lowest BCUT2D eigenvalue weighted by Crippen LogP contribution is -2.23. The van der Waals surface area contributed by atoms with Crippen molar-refractivity contribution in [3.8, 4) is 5.75 Å². The lowest BCUT2D eigenvalue weighted by atomic mass is 10.1. The standard InChI is InChI=1S/C26H21BrCl3N3O2/c1-3-15(2)25-32-23-8-6-18(27)11-20(23)26(34)33(25)31-13-16-4-9-24(22(30)10-16)35-14-17-5-7-19(28)12-21(17)29/h4-13,15H,3,14H2,1-2H3/t15-/m0/s1. The number of halogens is 4. The Bertz CT molecular complexity index is 1490. The summed E-state index contributed by atoms with van der Waals surface area (Å²) in [5.41, 5.74) is 1.92. The van der Waals surface area contributed by atoms with Crippen LogP contribution in [0.2, 0.25) is 15.1 Å². The SMILES string of the molecule is CC[C@H](C)c1nc2ccc(Br)cc2c(=O)n1N=Cc1ccc(OCc2ccc(Cl)cc2Cl)c(Cl)c1. The minimum Gasteiger partial charge on any atom is -0.487 e. The summed E-state index contributed by atoms with van der Waals surface area (Å²) in [5, 5.41) is 6.47. The zero-order chi connectivity index (χ0) is 25.1. The van der Waals surface area contributed by atoms with Crippen LogP contribution >= 0.6 is 50.7 Å². The summed E-state index contributed by atoms with van der Waals surface area (Å²) in [7, 11) is 0. The van der Waals surface area contributed by atoms with Crippen molar-refractivity contribution < 1.29 is 4.74 Å². The van der Waals surface area contributed by atoms with Gasteiger partial charge in [0.2, 0.25) is 0 Å². The number of ether oxygens (including phenoxy) is 1. The fourth-order valence-electron chi connectivity index (χ4n) is 3.41. The van der Waals surface area contributed by atoms with E-state index in [0.29, 0.717) is 43.1 Å². The van der Waals surface area contributed by atoms with Crippen LogP contribution in [-0.2, 0) is 6.61 Å². The minimum absolute atomic E-state index is 0.0481. The molecule has 0 spiro atoms. The van der Waals surface area contributed by atoms with Gasteiger partial charge in [0.05, 0.1) is 22.1 Å². The Morgan fingerprint density at radius 1 is 1.09 bits per heavy atom. The first-order valence-electron chi connectivity index (χ1n) is 10.9. The lowest BCUT2D eigenvalue weighted by molar-refractivity contribution is 0.306. The predicted octanol–water partition coefficient (Wildman–Crippen LogP) is 8.09. The molecule has 0 saturated heterocycles. The van der Waals surface area contributed by atoms with Crippen molar-refractivity contribution in [1.29, 1.82) is 0 Å². The molecule has 5 nitrogen and oxygen atoms in total. The first-order chi connectivity index (χ1) is 16.8. The van der Waals surface area contributed by atoms with Crippen LogP contribution in [0.25, 0.3) is 10.9 Å². The van der Waals surface area contributed by atoms with Gasteiger partial charge in [0.15, 0.2) is 0 Å². The molecule has 0 aliphatic heterocycles. The van der Waals surface area contributed by atoms with Gasteiger partial charge in [-0.3, -0.25) is 4.79 Å². The van der Waals surface area contributed by atoms with Gasteiger partial charge in [0.25, 0.3) is 5.56 Å². The van der Waals surface area contributed by atoms with E-state index in [1.807, 2.05) is 38.1 Å². The number of nitrogens with zero attached hydrogens (tertiary/aromatic N) is 3. The molecule has 0 fully saturated rings. The van der Waals surface area contributed by atoms with Crippen LogP contribution in [0, 0.1) is 0 Å². The molecule has 0 aliphatic carbocycles. The van der Waals surface area contributed by atoms with E-state index in [1.54, 1.807) is 36.5 Å². The summed E-state index contributed by atoms with van der Waals surface area (Å²) >= 11 is 22.0. The highest BCUT2D eigenvalue weighted by Crippen LogP contribution is 2.28. The summed E-state index contributed by atoms with van der Waals surface area (Å²) in [6.45, 7) is 4.32. The van der Waals surface area contributed by atoms with E-state index in [4.69, 9.17) is 44.5 Å². The number of aromatic nitrogens is 2. The summed E-state index contributed by atoms with van der Waals surface area (Å²) in [6.07, 6.45) is 2.41. The van der Waals surface area contributed by atoms with Crippen LogP contribution < -0.4 is 10.3 Å². The van der Waals surface area contributed by atoms with Crippen molar-refractivity contribution >= 4 is 67.9 Å². The van der Waals surface area contributed by atoms with Gasteiger partial charge in [-0.25, -0.2) is 4.98 Å². The van der Waals surface area contributed by atoms with Gasteiger partial charge in [-0.15, -0.1) is 0 Å². The molecule has 1 atom stereocenters. The van der Waals surface area contributed by atoms with Gasteiger partial charge in [-0.2, -0.15) is 9.78 Å². The lowest BCUT2D eigenvalue weighted by Gasteiger charge is -2.14. The van der Waals surface area contributed by atoms with E-state index in [9.17, 15) is 4.79 Å². The average molecular weight is 594 g/mol. The van der Waals surface area contributed by atoms with E-state index in [-0.39, 0.29) is 18.1 Å². The van der Waals surface area contributed by atoms with Crippen LogP contribution in [0.5, 0.6) is 5.75 Å². The molecule has 9 heteroatoms. The Morgan fingerprint density at radius 3 is 2.60 bits per heavy atom. The molecule has 180 valence electrons.